The van der Waals surface area contributed by atoms with Crippen LogP contribution >= 0.6 is 0 Å². The van der Waals surface area contributed by atoms with Crippen molar-refractivity contribution < 1.29 is 12.8 Å². The van der Waals surface area contributed by atoms with E-state index in [1.54, 1.807) is 12.3 Å². The number of benzene rings is 2. The van der Waals surface area contributed by atoms with E-state index in [2.05, 4.69) is 53.4 Å². The van der Waals surface area contributed by atoms with Gasteiger partial charge in [0.2, 0.25) is 10.0 Å². The summed E-state index contributed by atoms with van der Waals surface area (Å²) < 4.78 is 40.3. The second-order valence-corrected chi connectivity index (χ2v) is 13.8. The van der Waals surface area contributed by atoms with Crippen molar-refractivity contribution in [2.75, 3.05) is 12.8 Å². The van der Waals surface area contributed by atoms with Crippen LogP contribution in [0.5, 0.6) is 0 Å². The van der Waals surface area contributed by atoms with Gasteiger partial charge in [-0.05, 0) is 102 Å². The van der Waals surface area contributed by atoms with Crippen LogP contribution in [0, 0.1) is 11.7 Å². The van der Waals surface area contributed by atoms with Gasteiger partial charge in [-0.2, -0.15) is 5.10 Å². The number of nitrogens with one attached hydrogen (secondary N) is 4. The normalized spacial score (nSPS) is 14.2. The summed E-state index contributed by atoms with van der Waals surface area (Å²) in [5, 5.41) is 13.1. The molecule has 1 fully saturated rings. The van der Waals surface area contributed by atoms with Crippen molar-refractivity contribution in [3.8, 4) is 33.6 Å². The van der Waals surface area contributed by atoms with Crippen LogP contribution in [0.1, 0.15) is 36.8 Å². The van der Waals surface area contributed by atoms with Gasteiger partial charge < -0.3 is 10.3 Å². The first kappa shape index (κ1) is 29.3. The van der Waals surface area contributed by atoms with E-state index in [1.165, 1.54) is 37.8 Å². The molecule has 1 aliphatic carbocycles. The number of fused-ring (bicyclic) bond motifs is 2. The van der Waals surface area contributed by atoms with Crippen molar-refractivity contribution in [3.63, 3.8) is 0 Å². The molecular formula is C34H34FN7O2S. The number of aromatic amines is 2. The molecular weight excluding hydrogens is 589 g/mol. The maximum absolute atomic E-state index is 14.6. The first-order valence-electron chi connectivity index (χ1n) is 15.1. The SMILES string of the molecule is CS(=O)(=O)NCc1cc(F)cc(-c2ccnc3[nH]c(-c4n[nH]c5ccc(-c6cncc(CNCC7CCCC7)c6)cc45)cc23)c1. The molecule has 0 amide bonds. The highest BCUT2D eigenvalue weighted by Crippen LogP contribution is 2.35. The summed E-state index contributed by atoms with van der Waals surface area (Å²) in [5.74, 6) is 0.335. The van der Waals surface area contributed by atoms with Crippen molar-refractivity contribution in [1.82, 2.24) is 35.2 Å². The number of hydrogen-bond donors (Lipinski definition) is 4. The van der Waals surface area contributed by atoms with Gasteiger partial charge >= 0.3 is 0 Å². The molecule has 2 aromatic carbocycles. The van der Waals surface area contributed by atoms with E-state index >= 15 is 0 Å². The van der Waals surface area contributed by atoms with Gasteiger partial charge in [0.25, 0.3) is 0 Å². The number of aromatic nitrogens is 5. The minimum Gasteiger partial charge on any atom is -0.338 e. The number of pyridine rings is 2. The highest BCUT2D eigenvalue weighted by Gasteiger charge is 2.17. The average Bonchev–Trinajstić information content (AvgIpc) is 3.79. The molecule has 230 valence electrons. The Bertz CT molecular complexity index is 2120. The number of nitrogens with zero attached hydrogens (tertiary/aromatic N) is 3. The lowest BCUT2D eigenvalue weighted by Crippen LogP contribution is -2.21. The van der Waals surface area contributed by atoms with Crippen LogP contribution < -0.4 is 10.0 Å². The highest BCUT2D eigenvalue weighted by molar-refractivity contribution is 7.88. The van der Waals surface area contributed by atoms with Crippen LogP contribution in [0.15, 0.2) is 73.2 Å². The van der Waals surface area contributed by atoms with Gasteiger partial charge in [0, 0.05) is 48.0 Å². The zero-order chi connectivity index (χ0) is 31.0. The zero-order valence-corrected chi connectivity index (χ0v) is 25.7. The standard InChI is InChI=1S/C34H34FN7O2S/c1-45(43,44)39-19-22-10-25(13-27(35)12-22)28-8-9-38-34-29(28)15-32(40-34)33-30-14-24(6-7-31(30)41-42-33)26-11-23(18-37-20-26)17-36-16-21-4-2-3-5-21/h6-15,18,20-21,36,39H,2-5,16-17,19H2,1H3,(H,38,40)(H,41,42). The number of halogens is 1. The van der Waals surface area contributed by atoms with Gasteiger partial charge in [-0.3, -0.25) is 10.1 Å². The Hall–Kier alpha value is -4.45. The Kier molecular flexibility index (Phi) is 7.90. The largest absolute Gasteiger partial charge is 0.338 e. The summed E-state index contributed by atoms with van der Waals surface area (Å²) in [6, 6.07) is 16.7. The summed E-state index contributed by atoms with van der Waals surface area (Å²) in [6.45, 7) is 1.84. The van der Waals surface area contributed by atoms with Gasteiger partial charge in [-0.25, -0.2) is 22.5 Å². The van der Waals surface area contributed by atoms with Gasteiger partial charge in [-0.1, -0.05) is 18.9 Å². The minimum absolute atomic E-state index is 0.00674. The lowest BCUT2D eigenvalue weighted by atomic mass is 10.0. The Morgan fingerprint density at radius 2 is 1.76 bits per heavy atom. The summed E-state index contributed by atoms with van der Waals surface area (Å²) in [7, 11) is -3.42. The molecule has 7 rings (SSSR count). The zero-order valence-electron chi connectivity index (χ0n) is 24.9. The van der Waals surface area contributed by atoms with E-state index in [1.807, 2.05) is 30.6 Å². The van der Waals surface area contributed by atoms with Crippen molar-refractivity contribution >= 4 is 32.0 Å². The van der Waals surface area contributed by atoms with Gasteiger partial charge in [-0.15, -0.1) is 0 Å². The fourth-order valence-corrected chi connectivity index (χ4v) is 6.73. The lowest BCUT2D eigenvalue weighted by Gasteiger charge is -2.11. The smallest absolute Gasteiger partial charge is 0.209 e. The maximum atomic E-state index is 14.6. The molecule has 45 heavy (non-hydrogen) atoms. The number of H-pyrrole nitrogens is 2. The Morgan fingerprint density at radius 1 is 0.911 bits per heavy atom. The summed E-state index contributed by atoms with van der Waals surface area (Å²) >= 11 is 0. The molecule has 4 heterocycles. The molecule has 11 heteroatoms. The van der Waals surface area contributed by atoms with Crippen LogP contribution in [0.4, 0.5) is 4.39 Å². The van der Waals surface area contributed by atoms with E-state index < -0.39 is 15.8 Å². The molecule has 6 aromatic rings. The topological polar surface area (TPSA) is 128 Å². The summed E-state index contributed by atoms with van der Waals surface area (Å²) in [4.78, 5) is 12.4. The van der Waals surface area contributed by atoms with E-state index in [9.17, 15) is 12.8 Å². The molecule has 4 aromatic heterocycles. The molecule has 0 unspecified atom stereocenters. The Balaban J connectivity index is 1.19. The minimum atomic E-state index is -3.42. The third-order valence-corrected chi connectivity index (χ3v) is 9.19. The van der Waals surface area contributed by atoms with E-state index in [4.69, 9.17) is 0 Å². The quantitative estimate of drug-likeness (QED) is 0.142. The maximum Gasteiger partial charge on any atom is 0.209 e. The molecule has 0 atom stereocenters. The summed E-state index contributed by atoms with van der Waals surface area (Å²) in [5.41, 5.74) is 8.20. The van der Waals surface area contributed by atoms with Crippen molar-refractivity contribution in [3.05, 3.63) is 90.1 Å². The van der Waals surface area contributed by atoms with Crippen LogP contribution in [-0.2, 0) is 23.1 Å². The molecule has 0 spiro atoms. The van der Waals surface area contributed by atoms with Crippen molar-refractivity contribution in [2.45, 2.75) is 38.8 Å². The van der Waals surface area contributed by atoms with Crippen molar-refractivity contribution in [2.24, 2.45) is 5.92 Å². The van der Waals surface area contributed by atoms with Crippen LogP contribution in [0.2, 0.25) is 0 Å². The third kappa shape index (κ3) is 6.51. The predicted octanol–water partition coefficient (Wildman–Crippen LogP) is 6.30. The van der Waals surface area contributed by atoms with Crippen LogP contribution in [-0.4, -0.2) is 46.4 Å². The van der Waals surface area contributed by atoms with E-state index in [-0.39, 0.29) is 6.54 Å². The third-order valence-electron chi connectivity index (χ3n) is 8.52. The number of rotatable bonds is 10. The molecule has 9 nitrogen and oxygen atoms in total. The van der Waals surface area contributed by atoms with Crippen LogP contribution in [0.3, 0.4) is 0 Å². The van der Waals surface area contributed by atoms with Gasteiger partial charge in [0.15, 0.2) is 0 Å². The first-order chi connectivity index (χ1) is 21.8. The van der Waals surface area contributed by atoms with Gasteiger partial charge in [0.05, 0.1) is 17.5 Å². The predicted molar refractivity (Wildman–Crippen MR) is 175 cm³/mol. The number of sulfonamides is 1. The second kappa shape index (κ2) is 12.2. The Labute approximate surface area is 260 Å². The fraction of sp³-hybridized carbons (Fsp3) is 0.265. The molecule has 0 radical (unpaired) electrons. The first-order valence-corrected chi connectivity index (χ1v) is 17.0. The molecule has 1 saturated carbocycles. The Morgan fingerprint density at radius 3 is 2.60 bits per heavy atom. The average molecular weight is 624 g/mol. The molecule has 0 bridgehead atoms. The molecule has 0 saturated heterocycles. The molecule has 0 aliphatic heterocycles. The molecule has 4 N–H and O–H groups in total. The lowest BCUT2D eigenvalue weighted by molar-refractivity contribution is 0.489. The van der Waals surface area contributed by atoms with Gasteiger partial charge in [0.1, 0.15) is 17.2 Å². The fourth-order valence-electron chi connectivity index (χ4n) is 6.30. The summed E-state index contributed by atoms with van der Waals surface area (Å²) in [6.07, 6.45) is 11.9. The molecule has 1 aliphatic rings. The second-order valence-electron chi connectivity index (χ2n) is 11.9. The van der Waals surface area contributed by atoms with E-state index in [0.29, 0.717) is 16.8 Å². The number of hydrogen-bond acceptors (Lipinski definition) is 6. The monoisotopic (exact) mass is 623 g/mol. The van der Waals surface area contributed by atoms with Crippen molar-refractivity contribution in [1.29, 1.82) is 0 Å². The van der Waals surface area contributed by atoms with E-state index in [0.717, 1.165) is 75.2 Å². The van der Waals surface area contributed by atoms with Crippen LogP contribution in [0.25, 0.3) is 55.6 Å². The highest BCUT2D eigenvalue weighted by atomic mass is 32.2.